The van der Waals surface area contributed by atoms with Crippen LogP contribution in [0, 0.1) is 5.82 Å². The van der Waals surface area contributed by atoms with Gasteiger partial charge in [-0.1, -0.05) is 45.7 Å². The molecule has 0 heterocycles. The highest BCUT2D eigenvalue weighted by molar-refractivity contribution is 9.10. The molecule has 0 saturated carbocycles. The van der Waals surface area contributed by atoms with Crippen molar-refractivity contribution in [2.45, 2.75) is 12.3 Å². The Morgan fingerprint density at radius 1 is 1.20 bits per heavy atom. The van der Waals surface area contributed by atoms with E-state index in [1.165, 1.54) is 6.07 Å². The summed E-state index contributed by atoms with van der Waals surface area (Å²) < 4.78 is 14.7. The van der Waals surface area contributed by atoms with E-state index < -0.39 is 0 Å². The Balaban J connectivity index is 2.22. The van der Waals surface area contributed by atoms with Gasteiger partial charge < -0.3 is 5.32 Å². The van der Waals surface area contributed by atoms with Crippen molar-refractivity contribution in [3.8, 4) is 0 Å². The van der Waals surface area contributed by atoms with Crippen LogP contribution in [0.5, 0.6) is 0 Å². The first kappa shape index (κ1) is 15.5. The number of hydrogen-bond donors (Lipinski definition) is 1. The van der Waals surface area contributed by atoms with Crippen LogP contribution >= 0.6 is 27.5 Å². The maximum atomic E-state index is 14.0. The monoisotopic (exact) mass is 355 g/mol. The first-order valence-corrected chi connectivity index (χ1v) is 7.61. The third-order valence-electron chi connectivity index (χ3n) is 3.27. The fourth-order valence-corrected chi connectivity index (χ4v) is 2.70. The van der Waals surface area contributed by atoms with Gasteiger partial charge in [0, 0.05) is 22.0 Å². The summed E-state index contributed by atoms with van der Waals surface area (Å²) in [7, 11) is 1.90. The van der Waals surface area contributed by atoms with E-state index in [4.69, 9.17) is 11.6 Å². The van der Waals surface area contributed by atoms with Crippen LogP contribution in [0.1, 0.15) is 17.0 Å². The fourth-order valence-electron chi connectivity index (χ4n) is 2.24. The molecule has 0 amide bonds. The average Bonchev–Trinajstić information content (AvgIpc) is 2.42. The molecule has 0 bridgehead atoms. The summed E-state index contributed by atoms with van der Waals surface area (Å²) in [5, 5.41) is 3.88. The lowest BCUT2D eigenvalue weighted by Gasteiger charge is -2.18. The van der Waals surface area contributed by atoms with E-state index in [9.17, 15) is 4.39 Å². The number of nitrogens with one attached hydrogen (secondary N) is 1. The molecule has 0 fully saturated rings. The van der Waals surface area contributed by atoms with Crippen molar-refractivity contribution >= 4 is 27.5 Å². The van der Waals surface area contributed by atoms with Crippen LogP contribution in [-0.4, -0.2) is 13.6 Å². The fraction of sp³-hybridized carbons (Fsp3) is 0.250. The third kappa shape index (κ3) is 4.05. The highest BCUT2D eigenvalue weighted by Gasteiger charge is 2.14. The standard InChI is InChI=1S/C16H16BrClFN/c1-20-10-13(11-3-6-15(18)7-4-11)8-12-2-5-14(17)9-16(12)19/h2-7,9,13,20H,8,10H2,1H3. The van der Waals surface area contributed by atoms with Crippen molar-refractivity contribution < 1.29 is 4.39 Å². The summed E-state index contributed by atoms with van der Waals surface area (Å²) in [6.07, 6.45) is 0.654. The van der Waals surface area contributed by atoms with Crippen molar-refractivity contribution in [3.05, 3.63) is 68.9 Å². The normalized spacial score (nSPS) is 12.4. The summed E-state index contributed by atoms with van der Waals surface area (Å²) >= 11 is 9.19. The van der Waals surface area contributed by atoms with Gasteiger partial charge in [0.15, 0.2) is 0 Å². The maximum absolute atomic E-state index is 14.0. The van der Waals surface area contributed by atoms with E-state index >= 15 is 0 Å². The van der Waals surface area contributed by atoms with Crippen molar-refractivity contribution in [3.63, 3.8) is 0 Å². The quantitative estimate of drug-likeness (QED) is 0.812. The van der Waals surface area contributed by atoms with E-state index in [-0.39, 0.29) is 11.7 Å². The van der Waals surface area contributed by atoms with Crippen LogP contribution in [0.2, 0.25) is 5.02 Å². The minimum atomic E-state index is -0.172. The molecule has 0 aliphatic heterocycles. The van der Waals surface area contributed by atoms with Crippen LogP contribution in [0.4, 0.5) is 4.39 Å². The molecular weight excluding hydrogens is 341 g/mol. The highest BCUT2D eigenvalue weighted by atomic mass is 79.9. The molecule has 0 aliphatic carbocycles. The molecule has 0 spiro atoms. The van der Waals surface area contributed by atoms with Crippen LogP contribution < -0.4 is 5.32 Å². The van der Waals surface area contributed by atoms with Gasteiger partial charge in [0.05, 0.1) is 0 Å². The zero-order valence-corrected chi connectivity index (χ0v) is 13.5. The van der Waals surface area contributed by atoms with E-state index in [1.54, 1.807) is 0 Å². The first-order chi connectivity index (χ1) is 9.60. The topological polar surface area (TPSA) is 12.0 Å². The molecule has 20 heavy (non-hydrogen) atoms. The number of likely N-dealkylation sites (N-methyl/N-ethyl adjacent to an activating group) is 1. The summed E-state index contributed by atoms with van der Waals surface area (Å²) in [5.74, 6) is 0.0439. The second-order valence-corrected chi connectivity index (χ2v) is 6.10. The second-order valence-electron chi connectivity index (χ2n) is 4.75. The minimum absolute atomic E-state index is 0.172. The average molecular weight is 357 g/mol. The molecule has 4 heteroatoms. The molecule has 1 unspecified atom stereocenters. The van der Waals surface area contributed by atoms with Crippen LogP contribution in [0.15, 0.2) is 46.9 Å². The maximum Gasteiger partial charge on any atom is 0.127 e. The molecule has 0 aliphatic rings. The molecule has 0 aromatic heterocycles. The van der Waals surface area contributed by atoms with E-state index in [0.717, 1.165) is 22.1 Å². The second kappa shape index (κ2) is 7.21. The van der Waals surface area contributed by atoms with Gasteiger partial charge in [-0.3, -0.25) is 0 Å². The summed E-state index contributed by atoms with van der Waals surface area (Å²) in [4.78, 5) is 0. The number of rotatable bonds is 5. The largest absolute Gasteiger partial charge is 0.319 e. The molecular formula is C16H16BrClFN. The van der Waals surface area contributed by atoms with Gasteiger partial charge in [0.2, 0.25) is 0 Å². The number of halogens is 3. The lowest BCUT2D eigenvalue weighted by molar-refractivity contribution is 0.574. The highest BCUT2D eigenvalue weighted by Crippen LogP contribution is 2.25. The van der Waals surface area contributed by atoms with Crippen LogP contribution in [0.3, 0.4) is 0 Å². The smallest absolute Gasteiger partial charge is 0.127 e. The zero-order chi connectivity index (χ0) is 14.5. The minimum Gasteiger partial charge on any atom is -0.319 e. The van der Waals surface area contributed by atoms with Gasteiger partial charge in [-0.25, -0.2) is 4.39 Å². The first-order valence-electron chi connectivity index (χ1n) is 6.44. The lowest BCUT2D eigenvalue weighted by Crippen LogP contribution is -2.19. The SMILES string of the molecule is CNCC(Cc1ccc(Br)cc1F)c1ccc(Cl)cc1. The number of benzene rings is 2. The van der Waals surface area contributed by atoms with Crippen molar-refractivity contribution in [2.75, 3.05) is 13.6 Å². The summed E-state index contributed by atoms with van der Waals surface area (Å²) in [6.45, 7) is 0.789. The van der Waals surface area contributed by atoms with Crippen molar-refractivity contribution in [1.82, 2.24) is 5.32 Å². The van der Waals surface area contributed by atoms with Gasteiger partial charge in [0.1, 0.15) is 5.82 Å². The molecule has 1 N–H and O–H groups in total. The predicted molar refractivity (Wildman–Crippen MR) is 85.9 cm³/mol. The Hall–Kier alpha value is -0.900. The Bertz CT molecular complexity index is 571. The van der Waals surface area contributed by atoms with E-state index in [2.05, 4.69) is 21.2 Å². The third-order valence-corrected chi connectivity index (χ3v) is 4.02. The van der Waals surface area contributed by atoms with Gasteiger partial charge >= 0.3 is 0 Å². The molecule has 1 nitrogen and oxygen atoms in total. The Morgan fingerprint density at radius 2 is 1.90 bits per heavy atom. The summed E-state index contributed by atoms with van der Waals surface area (Å²) in [5.41, 5.74) is 1.88. The molecule has 2 aromatic rings. The molecule has 1 atom stereocenters. The Morgan fingerprint density at radius 3 is 2.50 bits per heavy atom. The van der Waals surface area contributed by atoms with Gasteiger partial charge in [-0.15, -0.1) is 0 Å². The van der Waals surface area contributed by atoms with Crippen molar-refractivity contribution in [1.29, 1.82) is 0 Å². The molecule has 2 aromatic carbocycles. The lowest BCUT2D eigenvalue weighted by atomic mass is 9.91. The molecule has 2 rings (SSSR count). The van der Waals surface area contributed by atoms with Crippen LogP contribution in [0.25, 0.3) is 0 Å². The number of hydrogen-bond acceptors (Lipinski definition) is 1. The van der Waals surface area contributed by atoms with Gasteiger partial charge in [-0.05, 0) is 48.9 Å². The Kier molecular flexibility index (Phi) is 5.58. The van der Waals surface area contributed by atoms with Crippen molar-refractivity contribution in [2.24, 2.45) is 0 Å². The Labute approximate surface area is 132 Å². The predicted octanol–water partition coefficient (Wildman–Crippen LogP) is 4.79. The molecule has 0 radical (unpaired) electrons. The summed E-state index contributed by atoms with van der Waals surface area (Å²) in [6, 6.07) is 13.0. The van der Waals surface area contributed by atoms with E-state index in [0.29, 0.717) is 11.4 Å². The van der Waals surface area contributed by atoms with Gasteiger partial charge in [0.25, 0.3) is 0 Å². The zero-order valence-electron chi connectivity index (χ0n) is 11.2. The van der Waals surface area contributed by atoms with Crippen LogP contribution in [-0.2, 0) is 6.42 Å². The van der Waals surface area contributed by atoms with E-state index in [1.807, 2.05) is 43.4 Å². The van der Waals surface area contributed by atoms with Gasteiger partial charge in [-0.2, -0.15) is 0 Å². The molecule has 106 valence electrons. The molecule has 0 saturated heterocycles.